The van der Waals surface area contributed by atoms with Gasteiger partial charge in [-0.2, -0.15) is 0 Å². The predicted octanol–water partition coefficient (Wildman–Crippen LogP) is 4.68. The van der Waals surface area contributed by atoms with E-state index >= 15 is 0 Å². The molecule has 0 bridgehead atoms. The lowest BCUT2D eigenvalue weighted by Gasteiger charge is -2.38. The smallest absolute Gasteiger partial charge is 0.406 e. The van der Waals surface area contributed by atoms with Crippen molar-refractivity contribution in [3.63, 3.8) is 0 Å². The number of carbonyl (C=O) groups is 2. The summed E-state index contributed by atoms with van der Waals surface area (Å²) in [5.41, 5.74) is 0.953. The Kier molecular flexibility index (Phi) is 12.2. The monoisotopic (exact) mass is 540 g/mol. The molecule has 3 rings (SSSR count). The van der Waals surface area contributed by atoms with E-state index in [2.05, 4.69) is 20.7 Å². The van der Waals surface area contributed by atoms with Crippen molar-refractivity contribution in [2.45, 2.75) is 63.3 Å². The first-order valence-corrected chi connectivity index (χ1v) is 13.8. The van der Waals surface area contributed by atoms with Gasteiger partial charge in [0.05, 0.1) is 19.8 Å². The zero-order valence-corrected chi connectivity index (χ0v) is 22.8. The van der Waals surface area contributed by atoms with Crippen molar-refractivity contribution in [3.05, 3.63) is 34.9 Å². The molecule has 1 aliphatic carbocycles. The van der Waals surface area contributed by atoms with Crippen LogP contribution in [-0.4, -0.2) is 76.2 Å². The molecule has 1 aromatic carbocycles. The van der Waals surface area contributed by atoms with Crippen LogP contribution in [0.2, 0.25) is 5.02 Å². The molecule has 0 aromatic heterocycles. The van der Waals surface area contributed by atoms with Crippen LogP contribution in [0.25, 0.3) is 0 Å². The minimum absolute atomic E-state index is 0.00316. The van der Waals surface area contributed by atoms with Gasteiger partial charge >= 0.3 is 12.1 Å². The van der Waals surface area contributed by atoms with Crippen LogP contribution in [0.15, 0.2) is 24.3 Å². The van der Waals surface area contributed by atoms with Crippen molar-refractivity contribution in [1.82, 2.24) is 20.9 Å². The highest BCUT2D eigenvalue weighted by molar-refractivity contribution is 6.30. The first-order chi connectivity index (χ1) is 17.9. The molecule has 208 valence electrons. The third kappa shape index (κ3) is 9.61. The molecule has 3 N–H and O–H groups in total. The van der Waals surface area contributed by atoms with Crippen molar-refractivity contribution in [1.29, 1.82) is 0 Å². The van der Waals surface area contributed by atoms with Crippen LogP contribution in [0.3, 0.4) is 0 Å². The fourth-order valence-electron chi connectivity index (χ4n) is 5.51. The second-order valence-corrected chi connectivity index (χ2v) is 10.6. The highest BCUT2D eigenvalue weighted by atomic mass is 35.5. The van der Waals surface area contributed by atoms with E-state index in [-0.39, 0.29) is 24.1 Å². The Labute approximate surface area is 225 Å². The van der Waals surface area contributed by atoms with Gasteiger partial charge in [-0.1, -0.05) is 23.7 Å². The number of nitrogens with one attached hydrogen (secondary N) is 3. The zero-order valence-electron chi connectivity index (χ0n) is 22.0. The van der Waals surface area contributed by atoms with Gasteiger partial charge in [0.15, 0.2) is 0 Å². The Balaban J connectivity index is 1.61. The van der Waals surface area contributed by atoms with Crippen molar-refractivity contribution in [2.24, 2.45) is 11.8 Å². The molecule has 37 heavy (non-hydrogen) atoms. The molecule has 2 fully saturated rings. The summed E-state index contributed by atoms with van der Waals surface area (Å²) in [4.78, 5) is 26.6. The molecule has 0 spiro atoms. The Morgan fingerprint density at radius 1 is 1.22 bits per heavy atom. The second-order valence-electron chi connectivity index (χ2n) is 10.2. The average molecular weight is 541 g/mol. The van der Waals surface area contributed by atoms with Crippen LogP contribution >= 0.6 is 11.6 Å². The summed E-state index contributed by atoms with van der Waals surface area (Å²) in [5, 5.41) is 9.69. The van der Waals surface area contributed by atoms with Crippen molar-refractivity contribution >= 4 is 23.7 Å². The first kappa shape index (κ1) is 29.5. The molecule has 8 nitrogen and oxygen atoms in total. The maximum absolute atomic E-state index is 13.6. The van der Waals surface area contributed by atoms with Crippen LogP contribution < -0.4 is 16.0 Å². The summed E-state index contributed by atoms with van der Waals surface area (Å²) < 4.78 is 24.4. The van der Waals surface area contributed by atoms with Crippen molar-refractivity contribution in [3.8, 4) is 0 Å². The van der Waals surface area contributed by atoms with E-state index in [1.54, 1.807) is 0 Å². The van der Waals surface area contributed by atoms with Gasteiger partial charge in [0.2, 0.25) is 0 Å². The number of rotatable bonds is 11. The van der Waals surface area contributed by atoms with Gasteiger partial charge < -0.3 is 30.3 Å². The third-order valence-electron chi connectivity index (χ3n) is 7.38. The van der Waals surface area contributed by atoms with E-state index in [9.17, 15) is 14.0 Å². The summed E-state index contributed by atoms with van der Waals surface area (Å²) in [5.74, 6) is 0.526. The van der Waals surface area contributed by atoms with E-state index in [0.717, 1.165) is 37.7 Å². The number of nitrogens with zero attached hydrogens (tertiary/aromatic N) is 1. The van der Waals surface area contributed by atoms with E-state index in [0.29, 0.717) is 56.6 Å². The number of likely N-dealkylation sites (tertiary alicyclic amines) is 1. The highest BCUT2D eigenvalue weighted by Gasteiger charge is 2.32. The van der Waals surface area contributed by atoms with Crippen LogP contribution in [0.1, 0.15) is 56.6 Å². The summed E-state index contributed by atoms with van der Waals surface area (Å²) in [6.07, 6.45) is 4.21. The molecule has 3 amide bonds. The van der Waals surface area contributed by atoms with Gasteiger partial charge in [-0.25, -0.2) is 14.0 Å². The average Bonchev–Trinajstić information content (AvgIpc) is 2.90. The third-order valence-corrected chi connectivity index (χ3v) is 7.61. The standard InChI is InChI=1S/C27H42ClFN4O4/c1-30-17-24(15-19-8-10-23(29)11-9-19)32-26(34)33-13-4-6-21(18-33)25(20-5-3-7-22(28)16-20)37-14-12-31-27(35)36-2/h3,5,7,16,19,21,23-25,30H,4,6,8-15,17-18H2,1-2H3,(H,31,35)(H,32,34)/t19?,21-,23?,24+,25?/m1/s1. The largest absolute Gasteiger partial charge is 0.453 e. The van der Waals surface area contributed by atoms with Crippen LogP contribution in [0, 0.1) is 11.8 Å². The van der Waals surface area contributed by atoms with Gasteiger partial charge in [0.1, 0.15) is 6.17 Å². The van der Waals surface area contributed by atoms with Crippen LogP contribution in [-0.2, 0) is 9.47 Å². The maximum atomic E-state index is 13.6. The predicted molar refractivity (Wildman–Crippen MR) is 143 cm³/mol. The molecule has 3 atom stereocenters. The van der Waals surface area contributed by atoms with E-state index < -0.39 is 12.3 Å². The van der Waals surface area contributed by atoms with Crippen LogP contribution in [0.5, 0.6) is 0 Å². The summed E-state index contributed by atoms with van der Waals surface area (Å²) in [7, 11) is 3.21. The molecular formula is C27H42ClFN4O4. The maximum Gasteiger partial charge on any atom is 0.406 e. The van der Waals surface area contributed by atoms with Crippen LogP contribution in [0.4, 0.5) is 14.0 Å². The lowest BCUT2D eigenvalue weighted by molar-refractivity contribution is -0.00865. The Morgan fingerprint density at radius 3 is 2.70 bits per heavy atom. The molecular weight excluding hydrogens is 499 g/mol. The Hall–Kier alpha value is -2.10. The minimum Gasteiger partial charge on any atom is -0.453 e. The van der Waals surface area contributed by atoms with E-state index in [4.69, 9.17) is 16.3 Å². The molecule has 1 aliphatic heterocycles. The number of ether oxygens (including phenoxy) is 2. The molecule has 1 saturated heterocycles. The lowest BCUT2D eigenvalue weighted by atomic mass is 9.84. The molecule has 1 aromatic rings. The number of halogens is 2. The molecule has 0 radical (unpaired) electrons. The Morgan fingerprint density at radius 2 is 2.00 bits per heavy atom. The molecule has 1 unspecified atom stereocenters. The van der Waals surface area contributed by atoms with E-state index in [1.165, 1.54) is 7.11 Å². The van der Waals surface area contributed by atoms with Crippen molar-refractivity contribution in [2.75, 3.05) is 46.9 Å². The summed E-state index contributed by atoms with van der Waals surface area (Å²) in [6, 6.07) is 7.53. The number of alkyl halides is 1. The summed E-state index contributed by atoms with van der Waals surface area (Å²) in [6.45, 7) is 2.55. The number of carbonyl (C=O) groups excluding carboxylic acids is 2. The number of urea groups is 1. The quantitative estimate of drug-likeness (QED) is 0.354. The van der Waals surface area contributed by atoms with Gasteiger partial charge in [-0.15, -0.1) is 0 Å². The highest BCUT2D eigenvalue weighted by Crippen LogP contribution is 2.34. The fraction of sp³-hybridized carbons (Fsp3) is 0.704. The number of alkyl carbamates (subject to hydrolysis) is 1. The Bertz CT molecular complexity index is 855. The lowest BCUT2D eigenvalue weighted by Crippen LogP contribution is -2.52. The number of methoxy groups -OCH3 is 1. The molecule has 1 heterocycles. The summed E-state index contributed by atoms with van der Waals surface area (Å²) >= 11 is 6.27. The number of hydrogen-bond donors (Lipinski definition) is 3. The minimum atomic E-state index is -0.676. The number of hydrogen-bond acceptors (Lipinski definition) is 5. The normalized spacial score (nSPS) is 23.7. The first-order valence-electron chi connectivity index (χ1n) is 13.4. The van der Waals surface area contributed by atoms with Gasteiger partial charge in [-0.3, -0.25) is 0 Å². The second kappa shape index (κ2) is 15.3. The molecule has 2 aliphatic rings. The molecule has 10 heteroatoms. The van der Waals surface area contributed by atoms with Crippen molar-refractivity contribution < 1.29 is 23.5 Å². The number of amides is 3. The van der Waals surface area contributed by atoms with E-state index in [1.807, 2.05) is 36.2 Å². The number of piperidine rings is 1. The molecule has 1 saturated carbocycles. The SMILES string of the molecule is CNC[C@H](CC1CCC(F)CC1)NC(=O)N1CCC[C@@H](C(OCCNC(=O)OC)c2cccc(Cl)c2)C1. The number of benzene rings is 1. The van der Waals surface area contributed by atoms with Gasteiger partial charge in [-0.05, 0) is 75.6 Å². The number of likely N-dealkylation sites (N-methyl/N-ethyl adjacent to an activating group) is 1. The fourth-order valence-corrected chi connectivity index (χ4v) is 5.70. The van der Waals surface area contributed by atoms with Gasteiger partial charge in [0.25, 0.3) is 0 Å². The van der Waals surface area contributed by atoms with Gasteiger partial charge in [0, 0.05) is 43.2 Å². The topological polar surface area (TPSA) is 91.9 Å². The zero-order chi connectivity index (χ0) is 26.6.